The maximum atomic E-state index is 12.1. The highest BCUT2D eigenvalue weighted by Crippen LogP contribution is 2.48. The van der Waals surface area contributed by atoms with E-state index in [0.29, 0.717) is 6.54 Å². The summed E-state index contributed by atoms with van der Waals surface area (Å²) in [7, 11) is 0. The van der Waals surface area contributed by atoms with Crippen molar-refractivity contribution >= 4 is 11.9 Å². The van der Waals surface area contributed by atoms with Gasteiger partial charge in [-0.25, -0.2) is 4.79 Å². The molecule has 0 aliphatic heterocycles. The zero-order chi connectivity index (χ0) is 14.4. The Morgan fingerprint density at radius 3 is 2.55 bits per heavy atom. The number of carboxylic acids is 1. The topological polar surface area (TPSA) is 75.6 Å². The number of hydrogen-bond donors (Lipinski definition) is 2. The van der Waals surface area contributed by atoms with Crippen molar-refractivity contribution in [1.29, 1.82) is 0 Å². The van der Waals surface area contributed by atoms with Gasteiger partial charge < -0.3 is 15.2 Å². The zero-order valence-electron chi connectivity index (χ0n) is 11.3. The lowest BCUT2D eigenvalue weighted by molar-refractivity contribution is -0.142. The third-order valence-electron chi connectivity index (χ3n) is 3.48. The summed E-state index contributed by atoms with van der Waals surface area (Å²) >= 11 is 0. The molecular formula is C15H19NO4. The summed E-state index contributed by atoms with van der Waals surface area (Å²) in [4.78, 5) is 22.4. The van der Waals surface area contributed by atoms with E-state index in [-0.39, 0.29) is 24.5 Å². The standard InChI is InChI=1S/C15H19NO4/c17-13(18)11-20-9-8-16-14(19)15(6-7-15)10-12-4-2-1-3-5-12/h1-5H,6-11H2,(H,16,19)(H,17,18). The van der Waals surface area contributed by atoms with Crippen LogP contribution < -0.4 is 5.32 Å². The number of rotatable bonds is 8. The first-order valence-electron chi connectivity index (χ1n) is 6.74. The largest absolute Gasteiger partial charge is 0.480 e. The number of benzene rings is 1. The first kappa shape index (κ1) is 14.5. The maximum absolute atomic E-state index is 12.1. The molecule has 2 N–H and O–H groups in total. The number of nitrogens with one attached hydrogen (secondary N) is 1. The summed E-state index contributed by atoms with van der Waals surface area (Å²) < 4.78 is 4.88. The summed E-state index contributed by atoms with van der Waals surface area (Å²) in [6, 6.07) is 9.97. The second-order valence-corrected chi connectivity index (χ2v) is 5.14. The fraction of sp³-hybridized carbons (Fsp3) is 0.467. The number of aliphatic carboxylic acids is 1. The zero-order valence-corrected chi connectivity index (χ0v) is 11.3. The molecule has 1 amide bonds. The lowest BCUT2D eigenvalue weighted by Crippen LogP contribution is -2.35. The van der Waals surface area contributed by atoms with Crippen LogP contribution in [0.15, 0.2) is 30.3 Å². The van der Waals surface area contributed by atoms with Crippen LogP contribution in [-0.2, 0) is 20.7 Å². The van der Waals surface area contributed by atoms with Crippen molar-refractivity contribution < 1.29 is 19.4 Å². The third-order valence-corrected chi connectivity index (χ3v) is 3.48. The van der Waals surface area contributed by atoms with E-state index in [2.05, 4.69) is 5.32 Å². The monoisotopic (exact) mass is 277 g/mol. The Balaban J connectivity index is 1.73. The van der Waals surface area contributed by atoms with E-state index in [1.54, 1.807) is 0 Å². The number of carbonyl (C=O) groups excluding carboxylic acids is 1. The van der Waals surface area contributed by atoms with Crippen LogP contribution in [0.1, 0.15) is 18.4 Å². The summed E-state index contributed by atoms with van der Waals surface area (Å²) in [5.74, 6) is -0.959. The molecule has 0 atom stereocenters. The molecule has 0 aromatic heterocycles. The van der Waals surface area contributed by atoms with Gasteiger partial charge in [-0.05, 0) is 24.8 Å². The van der Waals surface area contributed by atoms with Crippen LogP contribution in [0.25, 0.3) is 0 Å². The van der Waals surface area contributed by atoms with Crippen molar-refractivity contribution in [2.24, 2.45) is 5.41 Å². The normalized spacial score (nSPS) is 15.6. The molecule has 1 aliphatic rings. The van der Waals surface area contributed by atoms with Crippen molar-refractivity contribution in [3.63, 3.8) is 0 Å². The molecule has 0 spiro atoms. The number of amides is 1. The Labute approximate surface area is 117 Å². The van der Waals surface area contributed by atoms with Crippen molar-refractivity contribution in [1.82, 2.24) is 5.32 Å². The number of carboxylic acid groups (broad SMARTS) is 1. The second kappa shape index (κ2) is 6.52. The molecule has 0 unspecified atom stereocenters. The Morgan fingerprint density at radius 1 is 1.25 bits per heavy atom. The van der Waals surface area contributed by atoms with Crippen LogP contribution in [0, 0.1) is 5.41 Å². The van der Waals surface area contributed by atoms with Gasteiger partial charge in [0, 0.05) is 6.54 Å². The van der Waals surface area contributed by atoms with E-state index < -0.39 is 5.97 Å². The molecule has 0 radical (unpaired) electrons. The molecule has 1 saturated carbocycles. The molecule has 5 heteroatoms. The lowest BCUT2D eigenvalue weighted by Gasteiger charge is -2.15. The smallest absolute Gasteiger partial charge is 0.329 e. The van der Waals surface area contributed by atoms with Crippen LogP contribution >= 0.6 is 0 Å². The number of carbonyl (C=O) groups is 2. The molecule has 2 rings (SSSR count). The molecule has 0 bridgehead atoms. The summed E-state index contributed by atoms with van der Waals surface area (Å²) in [5.41, 5.74) is 0.899. The Kier molecular flexibility index (Phi) is 4.74. The molecule has 1 fully saturated rings. The van der Waals surface area contributed by atoms with E-state index in [1.807, 2.05) is 30.3 Å². The van der Waals surface area contributed by atoms with Crippen LogP contribution in [0.5, 0.6) is 0 Å². The minimum Gasteiger partial charge on any atom is -0.480 e. The van der Waals surface area contributed by atoms with Crippen LogP contribution in [0.4, 0.5) is 0 Å². The molecule has 1 aliphatic carbocycles. The quantitative estimate of drug-likeness (QED) is 0.701. The van der Waals surface area contributed by atoms with E-state index in [0.717, 1.165) is 19.3 Å². The Morgan fingerprint density at radius 2 is 1.95 bits per heavy atom. The van der Waals surface area contributed by atoms with Crippen molar-refractivity contribution in [2.45, 2.75) is 19.3 Å². The average molecular weight is 277 g/mol. The first-order valence-corrected chi connectivity index (χ1v) is 6.74. The minimum atomic E-state index is -1.00. The molecular weight excluding hydrogens is 258 g/mol. The highest BCUT2D eigenvalue weighted by atomic mass is 16.5. The Hall–Kier alpha value is -1.88. The fourth-order valence-electron chi connectivity index (χ4n) is 2.21. The van der Waals surface area contributed by atoms with Crippen molar-refractivity contribution in [3.8, 4) is 0 Å². The summed E-state index contributed by atoms with van der Waals surface area (Å²) in [6.07, 6.45) is 2.57. The van der Waals surface area contributed by atoms with E-state index in [4.69, 9.17) is 9.84 Å². The maximum Gasteiger partial charge on any atom is 0.329 e. The van der Waals surface area contributed by atoms with E-state index in [1.165, 1.54) is 5.56 Å². The van der Waals surface area contributed by atoms with E-state index in [9.17, 15) is 9.59 Å². The van der Waals surface area contributed by atoms with Gasteiger partial charge in [-0.3, -0.25) is 4.79 Å². The van der Waals surface area contributed by atoms with Crippen molar-refractivity contribution in [3.05, 3.63) is 35.9 Å². The van der Waals surface area contributed by atoms with Gasteiger partial charge in [-0.15, -0.1) is 0 Å². The molecule has 5 nitrogen and oxygen atoms in total. The second-order valence-electron chi connectivity index (χ2n) is 5.14. The molecule has 20 heavy (non-hydrogen) atoms. The number of ether oxygens (including phenoxy) is 1. The van der Waals surface area contributed by atoms with Crippen LogP contribution in [0.3, 0.4) is 0 Å². The SMILES string of the molecule is O=C(O)COCCNC(=O)C1(Cc2ccccc2)CC1. The lowest BCUT2D eigenvalue weighted by atomic mass is 9.95. The predicted molar refractivity (Wildman–Crippen MR) is 73.3 cm³/mol. The van der Waals surface area contributed by atoms with Gasteiger partial charge in [0.15, 0.2) is 0 Å². The first-order chi connectivity index (χ1) is 9.62. The van der Waals surface area contributed by atoms with E-state index >= 15 is 0 Å². The third kappa shape index (κ3) is 4.06. The van der Waals surface area contributed by atoms with Gasteiger partial charge in [-0.1, -0.05) is 30.3 Å². The van der Waals surface area contributed by atoms with Gasteiger partial charge in [0.25, 0.3) is 0 Å². The van der Waals surface area contributed by atoms with Crippen LogP contribution in [-0.4, -0.2) is 36.7 Å². The highest BCUT2D eigenvalue weighted by Gasteiger charge is 2.49. The van der Waals surface area contributed by atoms with Gasteiger partial charge in [-0.2, -0.15) is 0 Å². The molecule has 108 valence electrons. The summed E-state index contributed by atoms with van der Waals surface area (Å²) in [5, 5.41) is 11.2. The van der Waals surface area contributed by atoms with Crippen molar-refractivity contribution in [2.75, 3.05) is 19.8 Å². The molecule has 0 heterocycles. The van der Waals surface area contributed by atoms with Gasteiger partial charge in [0.1, 0.15) is 6.61 Å². The van der Waals surface area contributed by atoms with Gasteiger partial charge in [0.2, 0.25) is 5.91 Å². The fourth-order valence-corrected chi connectivity index (χ4v) is 2.21. The minimum absolute atomic E-state index is 0.0419. The average Bonchev–Trinajstić information content (AvgIpc) is 3.20. The number of hydrogen-bond acceptors (Lipinski definition) is 3. The Bertz CT molecular complexity index is 468. The van der Waals surface area contributed by atoms with Crippen LogP contribution in [0.2, 0.25) is 0 Å². The highest BCUT2D eigenvalue weighted by molar-refractivity contribution is 5.85. The predicted octanol–water partition coefficient (Wildman–Crippen LogP) is 1.23. The molecule has 0 saturated heterocycles. The summed E-state index contributed by atoms with van der Waals surface area (Å²) in [6.45, 7) is 0.243. The molecule has 1 aromatic rings. The van der Waals surface area contributed by atoms with Gasteiger partial charge >= 0.3 is 5.97 Å². The van der Waals surface area contributed by atoms with Gasteiger partial charge in [0.05, 0.1) is 12.0 Å². The molecule has 1 aromatic carbocycles.